The highest BCUT2D eigenvalue weighted by molar-refractivity contribution is 7.99. The SMILES string of the molecule is [N-]=[N+]=NCc1c(Sc2ccccc2)c2ccccc2n1S(=O)(=O)c1ccccc1. The van der Waals surface area contributed by atoms with E-state index in [2.05, 4.69) is 10.0 Å². The van der Waals surface area contributed by atoms with Gasteiger partial charge in [0.1, 0.15) is 0 Å². The van der Waals surface area contributed by atoms with Crippen LogP contribution >= 0.6 is 11.8 Å². The zero-order valence-corrected chi connectivity index (χ0v) is 16.8. The van der Waals surface area contributed by atoms with E-state index in [9.17, 15) is 8.42 Å². The van der Waals surface area contributed by atoms with E-state index in [0.29, 0.717) is 11.2 Å². The van der Waals surface area contributed by atoms with Gasteiger partial charge >= 0.3 is 0 Å². The molecular formula is C21H16N4O2S2. The van der Waals surface area contributed by atoms with Crippen molar-refractivity contribution < 1.29 is 8.42 Å². The number of hydrogen-bond acceptors (Lipinski definition) is 4. The standard InChI is InChI=1S/C21H16N4O2S2/c22-24-23-15-20-21(28-16-9-3-1-4-10-16)18-13-7-8-14-19(18)25(20)29(26,27)17-11-5-2-6-12-17/h1-14H,15H2. The van der Waals surface area contributed by atoms with Crippen LogP contribution in [0.5, 0.6) is 0 Å². The van der Waals surface area contributed by atoms with Gasteiger partial charge < -0.3 is 0 Å². The summed E-state index contributed by atoms with van der Waals surface area (Å²) in [6.07, 6.45) is 0. The van der Waals surface area contributed by atoms with Gasteiger partial charge in [0.15, 0.2) is 0 Å². The van der Waals surface area contributed by atoms with Crippen LogP contribution in [0, 0.1) is 0 Å². The van der Waals surface area contributed by atoms with Crippen LogP contribution in [0.15, 0.2) is 105 Å². The zero-order chi connectivity index (χ0) is 20.3. The number of hydrogen-bond donors (Lipinski definition) is 0. The van der Waals surface area contributed by atoms with Crippen LogP contribution in [0.4, 0.5) is 0 Å². The van der Waals surface area contributed by atoms with Gasteiger partial charge in [-0.25, -0.2) is 12.4 Å². The molecule has 1 aromatic heterocycles. The second-order valence-electron chi connectivity index (χ2n) is 6.18. The van der Waals surface area contributed by atoms with E-state index in [1.54, 1.807) is 42.5 Å². The predicted octanol–water partition coefficient (Wildman–Crippen LogP) is 5.84. The number of azide groups is 1. The maximum absolute atomic E-state index is 13.5. The predicted molar refractivity (Wildman–Crippen MR) is 114 cm³/mol. The molecule has 3 aromatic carbocycles. The lowest BCUT2D eigenvalue weighted by molar-refractivity contribution is 0.586. The van der Waals surface area contributed by atoms with E-state index < -0.39 is 10.0 Å². The van der Waals surface area contributed by atoms with Gasteiger partial charge in [-0.2, -0.15) is 0 Å². The largest absolute Gasteiger partial charge is 0.268 e. The summed E-state index contributed by atoms with van der Waals surface area (Å²) >= 11 is 1.46. The third kappa shape index (κ3) is 3.61. The summed E-state index contributed by atoms with van der Waals surface area (Å²) in [5.41, 5.74) is 9.89. The summed E-state index contributed by atoms with van der Waals surface area (Å²) in [7, 11) is -3.88. The van der Waals surface area contributed by atoms with Crippen molar-refractivity contribution in [2.45, 2.75) is 21.2 Å². The first-order chi connectivity index (χ1) is 14.1. The summed E-state index contributed by atoms with van der Waals surface area (Å²) < 4.78 is 28.3. The van der Waals surface area contributed by atoms with Crippen molar-refractivity contribution in [3.8, 4) is 0 Å². The summed E-state index contributed by atoms with van der Waals surface area (Å²) in [6, 6.07) is 25.3. The van der Waals surface area contributed by atoms with Crippen LogP contribution in [0.25, 0.3) is 21.3 Å². The molecule has 0 atom stereocenters. The summed E-state index contributed by atoms with van der Waals surface area (Å²) in [6.45, 7) is -0.0770. The number of nitrogens with zero attached hydrogens (tertiary/aromatic N) is 4. The molecule has 0 saturated carbocycles. The van der Waals surface area contributed by atoms with Crippen molar-refractivity contribution in [3.63, 3.8) is 0 Å². The van der Waals surface area contributed by atoms with E-state index >= 15 is 0 Å². The topological polar surface area (TPSA) is 87.8 Å². The van der Waals surface area contributed by atoms with E-state index in [1.807, 2.05) is 42.5 Å². The lowest BCUT2D eigenvalue weighted by Crippen LogP contribution is -2.15. The maximum Gasteiger partial charge on any atom is 0.268 e. The highest BCUT2D eigenvalue weighted by Crippen LogP contribution is 2.40. The Balaban J connectivity index is 2.02. The molecule has 0 unspecified atom stereocenters. The Bertz CT molecular complexity index is 1310. The molecule has 8 heteroatoms. The minimum absolute atomic E-state index is 0.0770. The molecular weight excluding hydrogens is 404 g/mol. The van der Waals surface area contributed by atoms with Crippen molar-refractivity contribution in [2.75, 3.05) is 0 Å². The lowest BCUT2D eigenvalue weighted by Gasteiger charge is -2.12. The van der Waals surface area contributed by atoms with Gasteiger partial charge in [0.05, 0.1) is 22.7 Å². The Morgan fingerprint density at radius 2 is 1.52 bits per heavy atom. The summed E-state index contributed by atoms with van der Waals surface area (Å²) in [4.78, 5) is 4.76. The Morgan fingerprint density at radius 3 is 2.21 bits per heavy atom. The van der Waals surface area contributed by atoms with Crippen LogP contribution in [0.2, 0.25) is 0 Å². The van der Waals surface area contributed by atoms with Crippen LogP contribution in [0.3, 0.4) is 0 Å². The molecule has 0 aliphatic carbocycles. The van der Waals surface area contributed by atoms with Crippen molar-refractivity contribution in [3.05, 3.63) is 101 Å². The molecule has 0 amide bonds. The molecule has 0 aliphatic rings. The number of benzene rings is 3. The molecule has 4 aromatic rings. The molecule has 1 heterocycles. The van der Waals surface area contributed by atoms with Crippen LogP contribution in [-0.4, -0.2) is 12.4 Å². The van der Waals surface area contributed by atoms with E-state index in [1.165, 1.54) is 15.7 Å². The number of fused-ring (bicyclic) bond motifs is 1. The molecule has 0 aliphatic heterocycles. The van der Waals surface area contributed by atoms with Crippen molar-refractivity contribution >= 4 is 32.7 Å². The molecule has 29 heavy (non-hydrogen) atoms. The summed E-state index contributed by atoms with van der Waals surface area (Å²) in [5, 5.41) is 4.48. The van der Waals surface area contributed by atoms with Gasteiger partial charge in [-0.15, -0.1) is 0 Å². The Morgan fingerprint density at radius 1 is 0.897 bits per heavy atom. The second kappa shape index (κ2) is 8.05. The van der Waals surface area contributed by atoms with E-state index in [0.717, 1.165) is 15.2 Å². The molecule has 0 fully saturated rings. The number of para-hydroxylation sites is 1. The molecule has 0 saturated heterocycles. The molecule has 144 valence electrons. The maximum atomic E-state index is 13.5. The Kier molecular flexibility index (Phi) is 5.31. The van der Waals surface area contributed by atoms with Crippen molar-refractivity contribution in [1.82, 2.24) is 3.97 Å². The second-order valence-corrected chi connectivity index (χ2v) is 9.05. The summed E-state index contributed by atoms with van der Waals surface area (Å²) in [5.74, 6) is 0. The fourth-order valence-electron chi connectivity index (χ4n) is 3.16. The average Bonchev–Trinajstić information content (AvgIpc) is 3.07. The minimum atomic E-state index is -3.88. The molecule has 4 rings (SSSR count). The molecule has 0 spiro atoms. The van der Waals surface area contributed by atoms with Gasteiger partial charge in [-0.05, 0) is 35.9 Å². The number of aromatic nitrogens is 1. The lowest BCUT2D eigenvalue weighted by atomic mass is 10.2. The van der Waals surface area contributed by atoms with Crippen molar-refractivity contribution in [1.29, 1.82) is 0 Å². The Hall–Kier alpha value is -3.19. The normalized spacial score (nSPS) is 11.3. The van der Waals surface area contributed by atoms with Crippen LogP contribution in [0.1, 0.15) is 5.69 Å². The first-order valence-electron chi connectivity index (χ1n) is 8.79. The van der Waals surface area contributed by atoms with Gasteiger partial charge in [0.25, 0.3) is 10.0 Å². The third-order valence-electron chi connectivity index (χ3n) is 4.40. The van der Waals surface area contributed by atoms with E-state index in [-0.39, 0.29) is 11.4 Å². The third-order valence-corrected chi connectivity index (χ3v) is 7.34. The van der Waals surface area contributed by atoms with Crippen molar-refractivity contribution in [2.24, 2.45) is 5.11 Å². The molecule has 0 N–H and O–H groups in total. The van der Waals surface area contributed by atoms with Gasteiger partial charge in [-0.3, -0.25) is 0 Å². The zero-order valence-electron chi connectivity index (χ0n) is 15.2. The fourth-order valence-corrected chi connectivity index (χ4v) is 5.88. The quantitative estimate of drug-likeness (QED) is 0.223. The monoisotopic (exact) mass is 420 g/mol. The fraction of sp³-hybridized carbons (Fsp3) is 0.0476. The Labute approximate surface area is 172 Å². The molecule has 6 nitrogen and oxygen atoms in total. The smallest absolute Gasteiger partial charge is 0.237 e. The minimum Gasteiger partial charge on any atom is -0.237 e. The highest BCUT2D eigenvalue weighted by atomic mass is 32.2. The average molecular weight is 421 g/mol. The van der Waals surface area contributed by atoms with E-state index in [4.69, 9.17) is 5.53 Å². The van der Waals surface area contributed by atoms with Crippen LogP contribution < -0.4 is 0 Å². The van der Waals surface area contributed by atoms with Gasteiger partial charge in [0.2, 0.25) is 0 Å². The van der Waals surface area contributed by atoms with Gasteiger partial charge in [0, 0.05) is 20.1 Å². The first-order valence-corrected chi connectivity index (χ1v) is 11.1. The molecule has 0 radical (unpaired) electrons. The highest BCUT2D eigenvalue weighted by Gasteiger charge is 2.26. The number of rotatable bonds is 6. The van der Waals surface area contributed by atoms with Crippen LogP contribution in [-0.2, 0) is 16.6 Å². The van der Waals surface area contributed by atoms with Gasteiger partial charge in [-0.1, -0.05) is 71.5 Å². The first kappa shape index (κ1) is 19.1. The molecule has 0 bridgehead atoms.